The molecule has 0 bridgehead atoms. The van der Waals surface area contributed by atoms with Crippen molar-refractivity contribution in [3.63, 3.8) is 0 Å². The molecule has 1 N–H and O–H groups in total. The van der Waals surface area contributed by atoms with Crippen LogP contribution < -0.4 is 0 Å². The van der Waals surface area contributed by atoms with Gasteiger partial charge in [0.15, 0.2) is 6.61 Å². The predicted octanol–water partition coefficient (Wildman–Crippen LogP) is 3.00. The number of unbranched alkanes of at least 4 members (excludes halogenated alkanes) is 2. The molecule has 1 aromatic rings. The number of aliphatic hydroxyl groups is 1. The average Bonchev–Trinajstić information content (AvgIpc) is 2.45. The van der Waals surface area contributed by atoms with Crippen LogP contribution in [0.15, 0.2) is 42.5 Å². The largest absolute Gasteiger partial charge is 0.477 e. The zero-order chi connectivity index (χ0) is 13.5. The molecule has 0 saturated heterocycles. The number of rotatable bonds is 4. The lowest BCUT2D eigenvalue weighted by Crippen LogP contribution is -2.25. The Kier molecular flexibility index (Phi) is 4.63. The van der Waals surface area contributed by atoms with E-state index in [9.17, 15) is 5.11 Å². The number of hydrogen-bond donors (Lipinski definition) is 1. The van der Waals surface area contributed by atoms with E-state index in [2.05, 4.69) is 24.3 Å². The SMILES string of the molecule is C#CCCCC=[N+]1C=C(O)OC[C@@H]1c1ccccc1. The topological polar surface area (TPSA) is 32.5 Å². The third-order valence-electron chi connectivity index (χ3n) is 3.06. The molecule has 1 aliphatic heterocycles. The maximum absolute atomic E-state index is 9.49. The van der Waals surface area contributed by atoms with Crippen LogP contribution in [0.2, 0.25) is 0 Å². The van der Waals surface area contributed by atoms with Gasteiger partial charge in [-0.2, -0.15) is 4.58 Å². The number of benzene rings is 1. The summed E-state index contributed by atoms with van der Waals surface area (Å²) in [4.78, 5) is 0. The molecule has 2 rings (SSSR count). The summed E-state index contributed by atoms with van der Waals surface area (Å²) in [5.74, 6) is 2.59. The van der Waals surface area contributed by atoms with Gasteiger partial charge in [-0.1, -0.05) is 30.3 Å². The Hall–Kier alpha value is -2.21. The fraction of sp³-hybridized carbons (Fsp3) is 0.312. The first-order valence-corrected chi connectivity index (χ1v) is 6.44. The van der Waals surface area contributed by atoms with Crippen molar-refractivity contribution in [3.8, 4) is 12.3 Å². The van der Waals surface area contributed by atoms with E-state index in [1.165, 1.54) is 5.56 Å². The third kappa shape index (κ3) is 3.62. The molecule has 1 aliphatic rings. The second kappa shape index (κ2) is 6.65. The standard InChI is InChI=1S/C16H17NO2/c1-2-3-4-8-11-17-12-16(18)19-13-15(17)14-9-6-5-7-10-14/h1,5-7,9-12,15H,3-4,8,13H2/p+1/t15-/m1/s1. The molecule has 0 radical (unpaired) electrons. The quantitative estimate of drug-likeness (QED) is 0.510. The lowest BCUT2D eigenvalue weighted by molar-refractivity contribution is -0.522. The summed E-state index contributed by atoms with van der Waals surface area (Å²) >= 11 is 0. The second-order valence-corrected chi connectivity index (χ2v) is 4.43. The summed E-state index contributed by atoms with van der Waals surface area (Å²) in [6.07, 6.45) is 11.5. The highest BCUT2D eigenvalue weighted by molar-refractivity contribution is 5.51. The van der Waals surface area contributed by atoms with Gasteiger partial charge in [-0.15, -0.1) is 12.3 Å². The van der Waals surface area contributed by atoms with Crippen molar-refractivity contribution in [2.45, 2.75) is 25.3 Å². The maximum Gasteiger partial charge on any atom is 0.344 e. The van der Waals surface area contributed by atoms with E-state index in [1.54, 1.807) is 6.20 Å². The van der Waals surface area contributed by atoms with Gasteiger partial charge in [0.25, 0.3) is 0 Å². The number of aliphatic hydroxyl groups excluding tert-OH is 1. The smallest absolute Gasteiger partial charge is 0.344 e. The molecule has 1 atom stereocenters. The van der Waals surface area contributed by atoms with Gasteiger partial charge < -0.3 is 9.84 Å². The van der Waals surface area contributed by atoms with Crippen LogP contribution in [0.25, 0.3) is 0 Å². The minimum Gasteiger partial charge on any atom is -0.477 e. The summed E-state index contributed by atoms with van der Waals surface area (Å²) in [6.45, 7) is 0.442. The molecular weight excluding hydrogens is 238 g/mol. The van der Waals surface area contributed by atoms with E-state index in [-0.39, 0.29) is 12.0 Å². The first-order valence-electron chi connectivity index (χ1n) is 6.44. The van der Waals surface area contributed by atoms with Gasteiger partial charge in [0.2, 0.25) is 12.2 Å². The molecule has 0 spiro atoms. The van der Waals surface area contributed by atoms with Gasteiger partial charge in [0.1, 0.15) is 6.21 Å². The summed E-state index contributed by atoms with van der Waals surface area (Å²) in [5, 5.41) is 9.49. The lowest BCUT2D eigenvalue weighted by atomic mass is 10.1. The van der Waals surface area contributed by atoms with Gasteiger partial charge >= 0.3 is 5.95 Å². The molecule has 0 amide bonds. The fourth-order valence-electron chi connectivity index (χ4n) is 2.07. The minimum atomic E-state index is -0.0413. The van der Waals surface area contributed by atoms with Gasteiger partial charge in [0.05, 0.1) is 0 Å². The first-order chi connectivity index (χ1) is 9.31. The van der Waals surface area contributed by atoms with Crippen LogP contribution in [-0.2, 0) is 4.74 Å². The Labute approximate surface area is 113 Å². The monoisotopic (exact) mass is 256 g/mol. The van der Waals surface area contributed by atoms with E-state index < -0.39 is 0 Å². The molecule has 3 heteroatoms. The van der Waals surface area contributed by atoms with E-state index in [4.69, 9.17) is 11.2 Å². The fourth-order valence-corrected chi connectivity index (χ4v) is 2.07. The molecule has 0 saturated carbocycles. The number of ether oxygens (including phenoxy) is 1. The van der Waals surface area contributed by atoms with Crippen molar-refractivity contribution in [1.29, 1.82) is 0 Å². The second-order valence-electron chi connectivity index (χ2n) is 4.43. The summed E-state index contributed by atoms with van der Waals surface area (Å²) in [5.41, 5.74) is 1.17. The highest BCUT2D eigenvalue weighted by Crippen LogP contribution is 2.22. The predicted molar refractivity (Wildman–Crippen MR) is 74.9 cm³/mol. The highest BCUT2D eigenvalue weighted by Gasteiger charge is 2.28. The van der Waals surface area contributed by atoms with Crippen LogP contribution in [0, 0.1) is 12.3 Å². The summed E-state index contributed by atoms with van der Waals surface area (Å²) < 4.78 is 7.23. The van der Waals surface area contributed by atoms with Crippen LogP contribution in [0.3, 0.4) is 0 Å². The molecule has 0 unspecified atom stereocenters. The van der Waals surface area contributed by atoms with Crippen LogP contribution in [0.1, 0.15) is 30.9 Å². The van der Waals surface area contributed by atoms with Crippen LogP contribution in [0.5, 0.6) is 0 Å². The van der Waals surface area contributed by atoms with Crippen molar-refractivity contribution >= 4 is 6.21 Å². The van der Waals surface area contributed by atoms with E-state index in [0.717, 1.165) is 19.3 Å². The molecule has 0 aromatic heterocycles. The van der Waals surface area contributed by atoms with Crippen molar-refractivity contribution in [1.82, 2.24) is 0 Å². The molecule has 0 fully saturated rings. The molecule has 98 valence electrons. The maximum atomic E-state index is 9.49. The van der Waals surface area contributed by atoms with Gasteiger partial charge in [0, 0.05) is 18.4 Å². The van der Waals surface area contributed by atoms with Crippen molar-refractivity contribution in [2.24, 2.45) is 0 Å². The molecular formula is C16H18NO2+. The van der Waals surface area contributed by atoms with Crippen LogP contribution in [0.4, 0.5) is 0 Å². The number of terminal acetylenes is 1. The molecule has 1 aromatic carbocycles. The Balaban J connectivity index is 2.15. The van der Waals surface area contributed by atoms with Gasteiger partial charge in [-0.25, -0.2) is 0 Å². The molecule has 1 heterocycles. The molecule has 3 nitrogen and oxygen atoms in total. The van der Waals surface area contributed by atoms with Crippen LogP contribution in [-0.4, -0.2) is 22.5 Å². The van der Waals surface area contributed by atoms with E-state index in [0.29, 0.717) is 6.61 Å². The molecule has 0 aliphatic carbocycles. The Bertz CT molecular complexity index is 511. The highest BCUT2D eigenvalue weighted by atomic mass is 16.6. The Morgan fingerprint density at radius 1 is 1.42 bits per heavy atom. The average molecular weight is 256 g/mol. The van der Waals surface area contributed by atoms with Crippen molar-refractivity contribution in [2.75, 3.05) is 6.61 Å². The lowest BCUT2D eigenvalue weighted by Gasteiger charge is -2.18. The van der Waals surface area contributed by atoms with Crippen LogP contribution >= 0.6 is 0 Å². The Morgan fingerprint density at radius 3 is 2.95 bits per heavy atom. The normalized spacial score (nSPS) is 20.5. The zero-order valence-corrected chi connectivity index (χ0v) is 10.8. The van der Waals surface area contributed by atoms with Crippen molar-refractivity contribution < 1.29 is 14.4 Å². The van der Waals surface area contributed by atoms with Gasteiger partial charge in [-0.3, -0.25) is 0 Å². The van der Waals surface area contributed by atoms with E-state index >= 15 is 0 Å². The first kappa shape index (κ1) is 13.2. The summed E-state index contributed by atoms with van der Waals surface area (Å²) in [7, 11) is 0. The van der Waals surface area contributed by atoms with Crippen molar-refractivity contribution in [3.05, 3.63) is 48.0 Å². The summed E-state index contributed by atoms with van der Waals surface area (Å²) in [6, 6.07) is 10.2. The Morgan fingerprint density at radius 2 is 2.21 bits per heavy atom. The van der Waals surface area contributed by atoms with Gasteiger partial charge in [-0.05, 0) is 6.42 Å². The van der Waals surface area contributed by atoms with E-state index in [1.807, 2.05) is 22.8 Å². The number of hydrogen-bond acceptors (Lipinski definition) is 2. The minimum absolute atomic E-state index is 0.0413. The third-order valence-corrected chi connectivity index (χ3v) is 3.06. The number of nitrogens with zero attached hydrogens (tertiary/aromatic N) is 1. The molecule has 19 heavy (non-hydrogen) atoms. The zero-order valence-electron chi connectivity index (χ0n) is 10.8.